The Balaban J connectivity index is 2.24. The number of ether oxygens (including phenoxy) is 1. The summed E-state index contributed by atoms with van der Waals surface area (Å²) in [6.45, 7) is 1.13. The molecule has 1 aromatic rings. The van der Waals surface area contributed by atoms with Crippen LogP contribution in [0.3, 0.4) is 0 Å². The number of hydrogen-bond acceptors (Lipinski definition) is 8. The van der Waals surface area contributed by atoms with E-state index in [1.165, 1.54) is 12.1 Å². The zero-order chi connectivity index (χ0) is 16.4. The third kappa shape index (κ3) is 3.18. The van der Waals surface area contributed by atoms with E-state index < -0.39 is 42.2 Å². The molecule has 1 heterocycles. The normalized spacial score (nSPS) is 31.8. The molecule has 5 N–H and O–H groups in total. The van der Waals surface area contributed by atoms with Gasteiger partial charge >= 0.3 is 0 Å². The summed E-state index contributed by atoms with van der Waals surface area (Å²) in [5.41, 5.74) is 0.572. The lowest BCUT2D eigenvalue weighted by Crippen LogP contribution is -2.60. The van der Waals surface area contributed by atoms with Crippen LogP contribution in [0.25, 0.3) is 0 Å². The van der Waals surface area contributed by atoms with Gasteiger partial charge in [0.2, 0.25) is 0 Å². The zero-order valence-corrected chi connectivity index (χ0v) is 11.8. The number of anilines is 1. The smallest absolute Gasteiger partial charge is 0.292 e. The molecule has 9 nitrogen and oxygen atoms in total. The Labute approximate surface area is 125 Å². The second-order valence-electron chi connectivity index (χ2n) is 5.17. The maximum atomic E-state index is 11.1. The quantitative estimate of drug-likeness (QED) is 0.355. The van der Waals surface area contributed by atoms with Gasteiger partial charge in [-0.15, -0.1) is 0 Å². The fraction of sp³-hybridized carbons (Fsp3) is 0.538. The van der Waals surface area contributed by atoms with E-state index in [2.05, 4.69) is 5.32 Å². The first-order chi connectivity index (χ1) is 10.3. The average Bonchev–Trinajstić information content (AvgIpc) is 2.49. The second kappa shape index (κ2) is 6.55. The molecule has 0 radical (unpaired) electrons. The van der Waals surface area contributed by atoms with Crippen molar-refractivity contribution in [1.82, 2.24) is 0 Å². The summed E-state index contributed by atoms with van der Waals surface area (Å²) in [5.74, 6) is 0. The molecule has 122 valence electrons. The third-order valence-electron chi connectivity index (χ3n) is 3.54. The van der Waals surface area contributed by atoms with Crippen LogP contribution in [0.1, 0.15) is 5.56 Å². The number of nitrogens with one attached hydrogen (secondary N) is 1. The summed E-state index contributed by atoms with van der Waals surface area (Å²) in [6, 6.07) is 4.45. The predicted octanol–water partition coefficient (Wildman–Crippen LogP) is -0.885. The molecule has 0 saturated carbocycles. The Kier molecular flexibility index (Phi) is 4.94. The predicted molar refractivity (Wildman–Crippen MR) is 75.2 cm³/mol. The van der Waals surface area contributed by atoms with Gasteiger partial charge in [0.15, 0.2) is 6.23 Å². The summed E-state index contributed by atoms with van der Waals surface area (Å²) in [5, 5.41) is 52.1. The van der Waals surface area contributed by atoms with Crippen LogP contribution in [0.15, 0.2) is 18.2 Å². The number of aryl methyl sites for hydroxylation is 1. The van der Waals surface area contributed by atoms with Crippen LogP contribution in [0.5, 0.6) is 0 Å². The van der Waals surface area contributed by atoms with Crippen molar-refractivity contribution in [3.8, 4) is 0 Å². The molecule has 1 aliphatic rings. The molecule has 1 aliphatic heterocycles. The van der Waals surface area contributed by atoms with Gasteiger partial charge in [-0.05, 0) is 18.6 Å². The molecule has 9 heteroatoms. The third-order valence-corrected chi connectivity index (χ3v) is 3.54. The van der Waals surface area contributed by atoms with Crippen LogP contribution in [-0.4, -0.2) is 62.6 Å². The molecule has 1 fully saturated rings. The molecule has 5 unspecified atom stereocenters. The van der Waals surface area contributed by atoms with Gasteiger partial charge in [-0.2, -0.15) is 0 Å². The van der Waals surface area contributed by atoms with E-state index >= 15 is 0 Å². The first-order valence-electron chi connectivity index (χ1n) is 6.67. The van der Waals surface area contributed by atoms with Gasteiger partial charge in [-0.25, -0.2) is 0 Å². The van der Waals surface area contributed by atoms with E-state index in [4.69, 9.17) is 9.84 Å². The number of hydrogen-bond donors (Lipinski definition) is 5. The number of nitrogens with zero attached hydrogens (tertiary/aromatic N) is 1. The first-order valence-corrected chi connectivity index (χ1v) is 6.67. The number of aliphatic hydroxyl groups excluding tert-OH is 4. The van der Waals surface area contributed by atoms with Crippen LogP contribution in [0.2, 0.25) is 0 Å². The molecular formula is C13H18N2O7. The molecule has 1 saturated heterocycles. The Bertz CT molecular complexity index is 551. The summed E-state index contributed by atoms with van der Waals surface area (Å²) >= 11 is 0. The minimum absolute atomic E-state index is 0.0972. The number of nitro benzene ring substituents is 1. The number of nitro groups is 1. The average molecular weight is 314 g/mol. The van der Waals surface area contributed by atoms with Crippen molar-refractivity contribution in [1.29, 1.82) is 0 Å². The molecule has 22 heavy (non-hydrogen) atoms. The molecular weight excluding hydrogens is 296 g/mol. The Hall–Kier alpha value is -1.78. The van der Waals surface area contributed by atoms with Crippen LogP contribution in [-0.2, 0) is 4.74 Å². The van der Waals surface area contributed by atoms with Crippen molar-refractivity contribution in [2.24, 2.45) is 0 Å². The van der Waals surface area contributed by atoms with Crippen molar-refractivity contribution >= 4 is 11.4 Å². The number of aliphatic hydroxyl groups is 4. The maximum Gasteiger partial charge on any atom is 0.292 e. The minimum atomic E-state index is -1.55. The second-order valence-corrected chi connectivity index (χ2v) is 5.17. The molecule has 5 atom stereocenters. The fourth-order valence-electron chi connectivity index (χ4n) is 2.29. The number of rotatable bonds is 4. The largest absolute Gasteiger partial charge is 0.394 e. The first kappa shape index (κ1) is 16.6. The van der Waals surface area contributed by atoms with Gasteiger partial charge in [0.1, 0.15) is 30.1 Å². The summed E-state index contributed by atoms with van der Waals surface area (Å²) in [6.07, 6.45) is -6.84. The number of benzene rings is 1. The van der Waals surface area contributed by atoms with E-state index in [0.717, 1.165) is 0 Å². The fourth-order valence-corrected chi connectivity index (χ4v) is 2.29. The van der Waals surface area contributed by atoms with Gasteiger partial charge in [-0.1, -0.05) is 6.07 Å². The molecule has 0 bridgehead atoms. The highest BCUT2D eigenvalue weighted by atomic mass is 16.6. The lowest BCUT2D eigenvalue weighted by atomic mass is 9.98. The summed E-state index contributed by atoms with van der Waals surface area (Å²) in [4.78, 5) is 10.5. The van der Waals surface area contributed by atoms with Crippen LogP contribution >= 0.6 is 0 Å². The van der Waals surface area contributed by atoms with E-state index in [-0.39, 0.29) is 11.4 Å². The standard InChI is InChI=1S/C13H18N2O7/c1-6-2-3-7(8(4-6)15(20)21)14-13-12(19)11(18)10(17)9(5-16)22-13/h2-4,9-14,16-19H,5H2,1H3. The van der Waals surface area contributed by atoms with Gasteiger partial charge in [0.25, 0.3) is 5.69 Å². The molecule has 1 aromatic carbocycles. The SMILES string of the molecule is Cc1ccc(NC2OC(CO)C(O)C(O)C2O)c([N+](=O)[O-])c1. The Morgan fingerprint density at radius 3 is 2.55 bits per heavy atom. The van der Waals surface area contributed by atoms with E-state index in [9.17, 15) is 25.4 Å². The van der Waals surface area contributed by atoms with E-state index in [1.807, 2.05) is 0 Å². The summed E-state index contributed by atoms with van der Waals surface area (Å²) in [7, 11) is 0. The van der Waals surface area contributed by atoms with Gasteiger partial charge in [0, 0.05) is 6.07 Å². The molecule has 0 aliphatic carbocycles. The van der Waals surface area contributed by atoms with Crippen molar-refractivity contribution in [3.05, 3.63) is 33.9 Å². The van der Waals surface area contributed by atoms with Gasteiger partial charge < -0.3 is 30.5 Å². The molecule has 0 spiro atoms. The highest BCUT2D eigenvalue weighted by Gasteiger charge is 2.43. The Morgan fingerprint density at radius 2 is 1.95 bits per heavy atom. The minimum Gasteiger partial charge on any atom is -0.394 e. The molecule has 2 rings (SSSR count). The van der Waals surface area contributed by atoms with Crippen molar-refractivity contribution in [3.63, 3.8) is 0 Å². The summed E-state index contributed by atoms with van der Waals surface area (Å²) < 4.78 is 5.26. The topological polar surface area (TPSA) is 145 Å². The van der Waals surface area contributed by atoms with Crippen LogP contribution in [0, 0.1) is 17.0 Å². The van der Waals surface area contributed by atoms with E-state index in [1.54, 1.807) is 13.0 Å². The Morgan fingerprint density at radius 1 is 1.27 bits per heavy atom. The lowest BCUT2D eigenvalue weighted by molar-refractivity contribution is -0.384. The van der Waals surface area contributed by atoms with Crippen LogP contribution in [0.4, 0.5) is 11.4 Å². The molecule has 0 amide bonds. The zero-order valence-electron chi connectivity index (χ0n) is 11.8. The van der Waals surface area contributed by atoms with Crippen molar-refractivity contribution in [2.45, 2.75) is 37.6 Å². The lowest BCUT2D eigenvalue weighted by Gasteiger charge is -2.40. The van der Waals surface area contributed by atoms with Crippen molar-refractivity contribution in [2.75, 3.05) is 11.9 Å². The maximum absolute atomic E-state index is 11.1. The van der Waals surface area contributed by atoms with Gasteiger partial charge in [-0.3, -0.25) is 10.1 Å². The van der Waals surface area contributed by atoms with Crippen molar-refractivity contribution < 1.29 is 30.1 Å². The highest BCUT2D eigenvalue weighted by molar-refractivity contribution is 5.62. The van der Waals surface area contributed by atoms with Crippen LogP contribution < -0.4 is 5.32 Å². The molecule has 0 aromatic heterocycles. The highest BCUT2D eigenvalue weighted by Crippen LogP contribution is 2.29. The monoisotopic (exact) mass is 314 g/mol. The van der Waals surface area contributed by atoms with Gasteiger partial charge in [0.05, 0.1) is 11.5 Å². The van der Waals surface area contributed by atoms with E-state index in [0.29, 0.717) is 5.56 Å².